The second kappa shape index (κ2) is 9.48. The monoisotopic (exact) mass is 288 g/mol. The zero-order valence-electron chi connectivity index (χ0n) is 11.2. The highest BCUT2D eigenvalue weighted by atomic mass is 16.9. The number of nitrogens with zero attached hydrogens (tertiary/aromatic N) is 2. The molecule has 0 atom stereocenters. The molecule has 0 rings (SSSR count). The fraction of sp³-hybridized carbons (Fsp3) is 0.545. The molecule has 0 aliphatic carbocycles. The predicted molar refractivity (Wildman–Crippen MR) is 63.7 cm³/mol. The Hall–Kier alpha value is -2.45. The van der Waals surface area contributed by atoms with Crippen molar-refractivity contribution in [2.45, 2.75) is 25.7 Å². The second-order valence-electron chi connectivity index (χ2n) is 3.63. The molecule has 0 aromatic heterocycles. The Morgan fingerprint density at radius 1 is 0.850 bits per heavy atom. The Balaban J connectivity index is 4.14. The van der Waals surface area contributed by atoms with Gasteiger partial charge in [0.1, 0.15) is 12.6 Å². The van der Waals surface area contributed by atoms with Crippen LogP contribution < -0.4 is 0 Å². The summed E-state index contributed by atoms with van der Waals surface area (Å²) in [5.41, 5.74) is 0. The minimum atomic E-state index is -1.28. The highest BCUT2D eigenvalue weighted by molar-refractivity contribution is 5.79. The molecule has 20 heavy (non-hydrogen) atoms. The molecule has 0 aliphatic rings. The number of hydrogen-bond donors (Lipinski definition) is 0. The molecule has 2 amide bonds. The fourth-order valence-corrected chi connectivity index (χ4v) is 1.02. The van der Waals surface area contributed by atoms with Gasteiger partial charge in [-0.05, 0) is 0 Å². The zero-order chi connectivity index (χ0) is 15.5. The molecule has 0 heterocycles. The molecule has 0 N–H and O–H groups in total. The largest absolute Gasteiger partial charge is 0.559 e. The standard InChI is InChI=1S/C11H16N2O7/c1-12(9(16)5-3-7-14)19-11(18)20-13(2)10(17)6-4-8-15/h7-8H,3-6H2,1-2H3. The van der Waals surface area contributed by atoms with Crippen molar-refractivity contribution < 1.29 is 33.6 Å². The Morgan fingerprint density at radius 3 is 1.50 bits per heavy atom. The molecule has 0 saturated carbocycles. The summed E-state index contributed by atoms with van der Waals surface area (Å²) in [5.74, 6) is -1.19. The number of amides is 2. The lowest BCUT2D eigenvalue weighted by Gasteiger charge is -2.18. The summed E-state index contributed by atoms with van der Waals surface area (Å²) >= 11 is 0. The lowest BCUT2D eigenvalue weighted by atomic mass is 10.3. The van der Waals surface area contributed by atoms with E-state index >= 15 is 0 Å². The Bertz CT molecular complexity index is 349. The van der Waals surface area contributed by atoms with Crippen LogP contribution in [-0.4, -0.2) is 54.8 Å². The third-order valence-electron chi connectivity index (χ3n) is 2.08. The summed E-state index contributed by atoms with van der Waals surface area (Å²) in [7, 11) is 2.34. The highest BCUT2D eigenvalue weighted by Gasteiger charge is 2.19. The van der Waals surface area contributed by atoms with Crippen LogP contribution in [0.2, 0.25) is 0 Å². The number of carbonyl (C=O) groups excluding carboxylic acids is 5. The molecular formula is C11H16N2O7. The quantitative estimate of drug-likeness (QED) is 0.493. The van der Waals surface area contributed by atoms with E-state index in [4.69, 9.17) is 0 Å². The molecule has 0 aromatic rings. The van der Waals surface area contributed by atoms with Crippen LogP contribution in [0.3, 0.4) is 0 Å². The minimum Gasteiger partial charge on any atom is -0.303 e. The van der Waals surface area contributed by atoms with Gasteiger partial charge < -0.3 is 19.3 Å². The van der Waals surface area contributed by atoms with Gasteiger partial charge in [0.15, 0.2) is 0 Å². The lowest BCUT2D eigenvalue weighted by Crippen LogP contribution is -2.35. The van der Waals surface area contributed by atoms with Gasteiger partial charge in [-0.25, -0.2) is 0 Å². The van der Waals surface area contributed by atoms with Gasteiger partial charge in [0, 0.05) is 39.8 Å². The van der Waals surface area contributed by atoms with Gasteiger partial charge in [-0.1, -0.05) is 0 Å². The summed E-state index contributed by atoms with van der Waals surface area (Å²) in [4.78, 5) is 63.0. The van der Waals surface area contributed by atoms with Crippen LogP contribution in [-0.2, 0) is 28.9 Å². The lowest BCUT2D eigenvalue weighted by molar-refractivity contribution is -0.191. The van der Waals surface area contributed by atoms with E-state index < -0.39 is 18.0 Å². The van der Waals surface area contributed by atoms with E-state index in [0.29, 0.717) is 22.7 Å². The van der Waals surface area contributed by atoms with E-state index in [0.717, 1.165) is 0 Å². The molecule has 0 radical (unpaired) electrons. The topological polar surface area (TPSA) is 110 Å². The zero-order valence-corrected chi connectivity index (χ0v) is 11.2. The van der Waals surface area contributed by atoms with Crippen molar-refractivity contribution in [1.82, 2.24) is 10.1 Å². The van der Waals surface area contributed by atoms with Gasteiger partial charge in [-0.3, -0.25) is 9.59 Å². The minimum absolute atomic E-state index is 0.00562. The third kappa shape index (κ3) is 7.09. The summed E-state index contributed by atoms with van der Waals surface area (Å²) in [6.45, 7) is 0. The van der Waals surface area contributed by atoms with Crippen molar-refractivity contribution in [2.24, 2.45) is 0 Å². The first-order valence-electron chi connectivity index (χ1n) is 5.72. The van der Waals surface area contributed by atoms with Crippen LogP contribution in [0.5, 0.6) is 0 Å². The van der Waals surface area contributed by atoms with Crippen molar-refractivity contribution in [3.8, 4) is 0 Å². The van der Waals surface area contributed by atoms with E-state index in [1.807, 2.05) is 0 Å². The van der Waals surface area contributed by atoms with Crippen LogP contribution in [0.15, 0.2) is 0 Å². The number of hydroxylamine groups is 4. The average Bonchev–Trinajstić information content (AvgIpc) is 2.41. The van der Waals surface area contributed by atoms with E-state index in [2.05, 4.69) is 9.68 Å². The van der Waals surface area contributed by atoms with Gasteiger partial charge in [0.2, 0.25) is 0 Å². The number of aldehydes is 2. The van der Waals surface area contributed by atoms with Crippen molar-refractivity contribution in [2.75, 3.05) is 14.1 Å². The van der Waals surface area contributed by atoms with Crippen LogP contribution in [0.1, 0.15) is 25.7 Å². The number of carbonyl (C=O) groups is 5. The van der Waals surface area contributed by atoms with E-state index in [9.17, 15) is 24.0 Å². The van der Waals surface area contributed by atoms with Crippen molar-refractivity contribution in [3.05, 3.63) is 0 Å². The van der Waals surface area contributed by atoms with Gasteiger partial charge in [0.25, 0.3) is 11.8 Å². The summed E-state index contributed by atoms with van der Waals surface area (Å²) in [6, 6.07) is 0. The predicted octanol–water partition coefficient (Wildman–Crippen LogP) is -0.155. The van der Waals surface area contributed by atoms with Crippen LogP contribution in [0.4, 0.5) is 4.79 Å². The van der Waals surface area contributed by atoms with E-state index in [1.165, 1.54) is 14.1 Å². The van der Waals surface area contributed by atoms with Gasteiger partial charge in [-0.2, -0.15) is 14.9 Å². The molecule has 0 saturated heterocycles. The smallest absolute Gasteiger partial charge is 0.303 e. The fourth-order valence-electron chi connectivity index (χ4n) is 1.02. The molecule has 0 spiro atoms. The second-order valence-corrected chi connectivity index (χ2v) is 3.63. The first kappa shape index (κ1) is 17.6. The molecular weight excluding hydrogens is 272 g/mol. The van der Waals surface area contributed by atoms with Gasteiger partial charge >= 0.3 is 6.16 Å². The molecule has 112 valence electrons. The third-order valence-corrected chi connectivity index (χ3v) is 2.08. The highest BCUT2D eigenvalue weighted by Crippen LogP contribution is 2.00. The maximum atomic E-state index is 11.3. The number of rotatable bonds is 6. The van der Waals surface area contributed by atoms with Gasteiger partial charge in [0.05, 0.1) is 0 Å². The SMILES string of the molecule is CN(OC(=O)ON(C)C(=O)CCC=O)C(=O)CCC=O. The van der Waals surface area contributed by atoms with Crippen LogP contribution in [0, 0.1) is 0 Å². The van der Waals surface area contributed by atoms with Gasteiger partial charge in [-0.15, -0.1) is 0 Å². The first-order chi connectivity index (χ1) is 9.42. The summed E-state index contributed by atoms with van der Waals surface area (Å²) in [6.07, 6.45) is -0.374. The molecule has 0 aliphatic heterocycles. The molecule has 0 unspecified atom stereocenters. The molecule has 9 nitrogen and oxygen atoms in total. The maximum Gasteiger partial charge on any atom is 0.559 e. The normalized spacial score (nSPS) is 9.30. The van der Waals surface area contributed by atoms with Crippen molar-refractivity contribution in [3.63, 3.8) is 0 Å². The van der Waals surface area contributed by atoms with Crippen molar-refractivity contribution in [1.29, 1.82) is 0 Å². The van der Waals surface area contributed by atoms with Crippen LogP contribution >= 0.6 is 0 Å². The molecule has 9 heteroatoms. The van der Waals surface area contributed by atoms with Crippen molar-refractivity contribution >= 4 is 30.5 Å². The molecule has 0 bridgehead atoms. The number of hydrogen-bond acceptors (Lipinski definition) is 7. The Kier molecular flexibility index (Phi) is 8.32. The molecule has 0 fully saturated rings. The summed E-state index contributed by atoms with van der Waals surface area (Å²) in [5, 5.41) is 1.21. The maximum absolute atomic E-state index is 11.3. The Labute approximate surface area is 115 Å². The average molecular weight is 288 g/mol. The molecule has 0 aromatic carbocycles. The van der Waals surface area contributed by atoms with E-state index in [-0.39, 0.29) is 25.7 Å². The Morgan fingerprint density at radius 2 is 1.20 bits per heavy atom. The summed E-state index contributed by atoms with van der Waals surface area (Å²) < 4.78 is 0. The van der Waals surface area contributed by atoms with E-state index in [1.54, 1.807) is 0 Å². The first-order valence-corrected chi connectivity index (χ1v) is 5.72. The van der Waals surface area contributed by atoms with Crippen LogP contribution in [0.25, 0.3) is 0 Å².